The van der Waals surface area contributed by atoms with Gasteiger partial charge in [-0.1, -0.05) is 11.6 Å². The lowest BCUT2D eigenvalue weighted by atomic mass is 10.2. The molecular formula is C17H14ClN5. The summed E-state index contributed by atoms with van der Waals surface area (Å²) in [6.07, 6.45) is 3.67. The third kappa shape index (κ3) is 2.59. The highest BCUT2D eigenvalue weighted by Crippen LogP contribution is 2.25. The minimum absolute atomic E-state index is 0.583. The highest BCUT2D eigenvalue weighted by Gasteiger charge is 2.14. The molecule has 0 saturated heterocycles. The normalized spacial score (nSPS) is 11.2. The molecule has 0 atom stereocenters. The number of aromatic nitrogens is 5. The second-order valence-electron chi connectivity index (χ2n) is 5.36. The summed E-state index contributed by atoms with van der Waals surface area (Å²) in [6, 6.07) is 11.5. The molecule has 4 aromatic rings. The van der Waals surface area contributed by atoms with Crippen LogP contribution in [0.5, 0.6) is 0 Å². The Kier molecular flexibility index (Phi) is 3.35. The van der Waals surface area contributed by atoms with Crippen molar-refractivity contribution < 1.29 is 0 Å². The predicted molar refractivity (Wildman–Crippen MR) is 90.4 cm³/mol. The third-order valence-electron chi connectivity index (χ3n) is 3.67. The van der Waals surface area contributed by atoms with Crippen LogP contribution in [0.3, 0.4) is 0 Å². The van der Waals surface area contributed by atoms with E-state index < -0.39 is 0 Å². The second-order valence-corrected chi connectivity index (χ2v) is 5.80. The first kappa shape index (κ1) is 14.0. The maximum Gasteiger partial charge on any atom is 0.160 e. The van der Waals surface area contributed by atoms with Gasteiger partial charge >= 0.3 is 0 Å². The Morgan fingerprint density at radius 2 is 1.96 bits per heavy atom. The second kappa shape index (κ2) is 5.52. The summed E-state index contributed by atoms with van der Waals surface area (Å²) in [5.41, 5.74) is 3.66. The molecule has 0 aliphatic heterocycles. The van der Waals surface area contributed by atoms with Crippen LogP contribution in [-0.2, 0) is 6.54 Å². The quantitative estimate of drug-likeness (QED) is 0.623. The minimum Gasteiger partial charge on any atom is -0.347 e. The lowest BCUT2D eigenvalue weighted by Gasteiger charge is -2.07. The zero-order valence-corrected chi connectivity index (χ0v) is 13.2. The number of hydrogen-bond acceptors (Lipinski definition) is 3. The van der Waals surface area contributed by atoms with Gasteiger partial charge in [0.05, 0.1) is 12.2 Å². The van der Waals surface area contributed by atoms with Crippen molar-refractivity contribution in [1.82, 2.24) is 24.5 Å². The van der Waals surface area contributed by atoms with Crippen molar-refractivity contribution in [3.8, 4) is 11.4 Å². The monoisotopic (exact) mass is 323 g/mol. The van der Waals surface area contributed by atoms with Crippen LogP contribution in [0, 0.1) is 6.92 Å². The number of nitrogens with zero attached hydrogens (tertiary/aromatic N) is 4. The molecule has 114 valence electrons. The first-order valence-corrected chi connectivity index (χ1v) is 7.66. The number of H-pyrrole nitrogens is 1. The van der Waals surface area contributed by atoms with Gasteiger partial charge in [-0.05, 0) is 43.3 Å². The number of aromatic amines is 1. The van der Waals surface area contributed by atoms with Crippen LogP contribution in [0.25, 0.3) is 22.6 Å². The number of hydrogen-bond donors (Lipinski definition) is 1. The highest BCUT2D eigenvalue weighted by atomic mass is 35.5. The van der Waals surface area contributed by atoms with Gasteiger partial charge < -0.3 is 9.55 Å². The fourth-order valence-corrected chi connectivity index (χ4v) is 2.75. The minimum atomic E-state index is 0.583. The molecule has 1 aromatic carbocycles. The van der Waals surface area contributed by atoms with Gasteiger partial charge in [0.2, 0.25) is 0 Å². The van der Waals surface area contributed by atoms with E-state index in [1.165, 1.54) is 0 Å². The van der Waals surface area contributed by atoms with Crippen LogP contribution < -0.4 is 0 Å². The van der Waals surface area contributed by atoms with Gasteiger partial charge in [0.15, 0.2) is 5.65 Å². The smallest absolute Gasteiger partial charge is 0.160 e. The Labute approximate surface area is 138 Å². The van der Waals surface area contributed by atoms with E-state index in [0.717, 1.165) is 34.1 Å². The van der Waals surface area contributed by atoms with E-state index in [9.17, 15) is 0 Å². The zero-order chi connectivity index (χ0) is 15.8. The molecule has 0 unspecified atom stereocenters. The first-order valence-electron chi connectivity index (χ1n) is 7.29. The van der Waals surface area contributed by atoms with E-state index in [0.29, 0.717) is 11.6 Å². The van der Waals surface area contributed by atoms with Gasteiger partial charge in [0.1, 0.15) is 17.2 Å². The van der Waals surface area contributed by atoms with Crippen LogP contribution >= 0.6 is 11.6 Å². The number of nitrogens with one attached hydrogen (secondary N) is 1. The number of aryl methyl sites for hydroxylation is 1. The van der Waals surface area contributed by atoms with Crippen molar-refractivity contribution in [3.63, 3.8) is 0 Å². The Bertz CT molecular complexity index is 968. The lowest BCUT2D eigenvalue weighted by molar-refractivity contribution is 0.776. The standard InChI is InChI=1S/C17H14ClN5/c1-11-9-20-15(21-11)10-23-16(12-4-6-13(18)7-5-12)22-14-3-2-8-19-17(14)23/h2-9H,10H2,1H3,(H,20,21). The van der Waals surface area contributed by atoms with E-state index >= 15 is 0 Å². The fraction of sp³-hybridized carbons (Fsp3) is 0.118. The van der Waals surface area contributed by atoms with Crippen LogP contribution in [0.1, 0.15) is 11.5 Å². The topological polar surface area (TPSA) is 59.4 Å². The van der Waals surface area contributed by atoms with Gasteiger partial charge in [0.25, 0.3) is 0 Å². The number of pyridine rings is 1. The van der Waals surface area contributed by atoms with Crippen LogP contribution in [0.2, 0.25) is 5.02 Å². The van der Waals surface area contributed by atoms with E-state index in [4.69, 9.17) is 16.6 Å². The van der Waals surface area contributed by atoms with Crippen LogP contribution in [0.15, 0.2) is 48.8 Å². The van der Waals surface area contributed by atoms with Crippen molar-refractivity contribution in [2.24, 2.45) is 0 Å². The van der Waals surface area contributed by atoms with Crippen molar-refractivity contribution in [1.29, 1.82) is 0 Å². The largest absolute Gasteiger partial charge is 0.347 e. The molecular weight excluding hydrogens is 310 g/mol. The molecule has 0 fully saturated rings. The molecule has 3 aromatic heterocycles. The Balaban J connectivity index is 1.88. The van der Waals surface area contributed by atoms with E-state index in [2.05, 4.69) is 19.5 Å². The molecule has 5 nitrogen and oxygen atoms in total. The average molecular weight is 324 g/mol. The number of halogens is 1. The molecule has 0 aliphatic rings. The summed E-state index contributed by atoms with van der Waals surface area (Å²) in [7, 11) is 0. The molecule has 23 heavy (non-hydrogen) atoms. The van der Waals surface area contributed by atoms with E-state index in [-0.39, 0.29) is 0 Å². The predicted octanol–water partition coefficient (Wildman–Crippen LogP) is 3.83. The molecule has 0 bridgehead atoms. The van der Waals surface area contributed by atoms with Gasteiger partial charge in [-0.15, -0.1) is 0 Å². The Morgan fingerprint density at radius 1 is 1.13 bits per heavy atom. The van der Waals surface area contributed by atoms with Gasteiger partial charge in [-0.3, -0.25) is 0 Å². The highest BCUT2D eigenvalue weighted by molar-refractivity contribution is 6.30. The molecule has 3 heterocycles. The molecule has 0 spiro atoms. The molecule has 0 saturated carbocycles. The molecule has 0 amide bonds. The molecule has 6 heteroatoms. The van der Waals surface area contributed by atoms with Gasteiger partial charge in [-0.2, -0.15) is 0 Å². The van der Waals surface area contributed by atoms with E-state index in [1.807, 2.05) is 49.5 Å². The molecule has 0 aliphatic carbocycles. The zero-order valence-electron chi connectivity index (χ0n) is 12.5. The first-order chi connectivity index (χ1) is 11.2. The summed E-state index contributed by atoms with van der Waals surface area (Å²) >= 11 is 6.00. The number of rotatable bonds is 3. The summed E-state index contributed by atoms with van der Waals surface area (Å²) in [6.45, 7) is 2.55. The molecule has 4 rings (SSSR count). The SMILES string of the molecule is Cc1c[nH]c(Cn2c(-c3ccc(Cl)cc3)nc3cccnc32)n1. The molecule has 1 N–H and O–H groups in total. The maximum atomic E-state index is 6.00. The van der Waals surface area contributed by atoms with Gasteiger partial charge in [-0.25, -0.2) is 15.0 Å². The summed E-state index contributed by atoms with van der Waals surface area (Å²) in [4.78, 5) is 16.9. The lowest BCUT2D eigenvalue weighted by Crippen LogP contribution is -2.04. The van der Waals surface area contributed by atoms with Crippen molar-refractivity contribution >= 4 is 22.8 Å². The Hall–Kier alpha value is -2.66. The summed E-state index contributed by atoms with van der Waals surface area (Å²) in [5.74, 6) is 1.73. The summed E-state index contributed by atoms with van der Waals surface area (Å²) in [5, 5.41) is 0.705. The molecule has 0 radical (unpaired) electrons. The Morgan fingerprint density at radius 3 is 2.70 bits per heavy atom. The number of benzene rings is 1. The number of fused-ring (bicyclic) bond motifs is 1. The van der Waals surface area contributed by atoms with Crippen LogP contribution in [-0.4, -0.2) is 24.5 Å². The number of imidazole rings is 2. The van der Waals surface area contributed by atoms with Gasteiger partial charge in [0, 0.05) is 23.0 Å². The maximum absolute atomic E-state index is 6.00. The fourth-order valence-electron chi connectivity index (χ4n) is 2.62. The van der Waals surface area contributed by atoms with Crippen molar-refractivity contribution in [2.45, 2.75) is 13.5 Å². The van der Waals surface area contributed by atoms with Crippen molar-refractivity contribution in [3.05, 3.63) is 65.3 Å². The average Bonchev–Trinajstić information content (AvgIpc) is 3.13. The summed E-state index contributed by atoms with van der Waals surface area (Å²) < 4.78 is 2.07. The van der Waals surface area contributed by atoms with Crippen molar-refractivity contribution in [2.75, 3.05) is 0 Å². The third-order valence-corrected chi connectivity index (χ3v) is 3.93. The van der Waals surface area contributed by atoms with E-state index in [1.54, 1.807) is 6.20 Å². The van der Waals surface area contributed by atoms with Crippen LogP contribution in [0.4, 0.5) is 0 Å².